The smallest absolute Gasteiger partial charge is 0.344 e. The molecule has 0 spiro atoms. The van der Waals surface area contributed by atoms with E-state index in [2.05, 4.69) is 5.32 Å². The highest BCUT2D eigenvalue weighted by molar-refractivity contribution is 6.39. The number of carbonyl (C=O) groups excluding carboxylic acids is 3. The zero-order valence-corrected chi connectivity index (χ0v) is 18.9. The summed E-state index contributed by atoms with van der Waals surface area (Å²) < 4.78 is 16.4. The van der Waals surface area contributed by atoms with E-state index >= 15 is 0 Å². The topological polar surface area (TPSA) is 131 Å². The monoisotopic (exact) mass is 468 g/mol. The van der Waals surface area contributed by atoms with Crippen molar-refractivity contribution in [3.63, 3.8) is 0 Å². The van der Waals surface area contributed by atoms with Gasteiger partial charge in [0.1, 0.15) is 11.3 Å². The van der Waals surface area contributed by atoms with E-state index in [1.165, 1.54) is 37.3 Å². The van der Waals surface area contributed by atoms with E-state index in [0.29, 0.717) is 17.9 Å². The van der Waals surface area contributed by atoms with Crippen LogP contribution in [0.4, 0.5) is 10.5 Å². The van der Waals surface area contributed by atoms with Gasteiger partial charge in [-0.25, -0.2) is 14.5 Å². The Morgan fingerprint density at radius 3 is 2.47 bits per heavy atom. The zero-order valence-electron chi connectivity index (χ0n) is 18.9. The highest BCUT2D eigenvalue weighted by atomic mass is 16.5. The molecule has 0 radical (unpaired) electrons. The molecule has 4 amide bonds. The second-order valence-corrected chi connectivity index (χ2v) is 7.13. The number of imide groups is 2. The Labute approximate surface area is 195 Å². The number of nitrogens with one attached hydrogen (secondary N) is 1. The maximum Gasteiger partial charge on any atom is 0.344 e. The number of carboxylic acid groups (broad SMARTS) is 1. The molecule has 3 rings (SSSR count). The fourth-order valence-corrected chi connectivity index (χ4v) is 3.16. The molecule has 1 aliphatic heterocycles. The van der Waals surface area contributed by atoms with Crippen molar-refractivity contribution in [2.45, 2.75) is 26.9 Å². The first-order chi connectivity index (χ1) is 16.2. The Kier molecular flexibility index (Phi) is 7.52. The first-order valence-electron chi connectivity index (χ1n) is 10.6. The molecule has 0 aromatic heterocycles. The fraction of sp³-hybridized carbons (Fsp3) is 0.250. The van der Waals surface area contributed by atoms with Gasteiger partial charge < -0.3 is 19.3 Å². The average Bonchev–Trinajstić information content (AvgIpc) is 2.78. The number of nitrogens with zero attached hydrogens (tertiary/aromatic N) is 1. The number of anilines is 1. The summed E-state index contributed by atoms with van der Waals surface area (Å²) in [4.78, 5) is 50.0. The summed E-state index contributed by atoms with van der Waals surface area (Å²) in [6.45, 7) is 5.61. The lowest BCUT2D eigenvalue weighted by Crippen LogP contribution is -2.54. The summed E-state index contributed by atoms with van der Waals surface area (Å²) in [5.41, 5.74) is 0.388. The molecule has 2 aromatic rings. The van der Waals surface area contributed by atoms with Crippen molar-refractivity contribution >= 4 is 35.6 Å². The Balaban J connectivity index is 1.96. The lowest BCUT2D eigenvalue weighted by atomic mass is 10.1. The molecule has 1 atom stereocenters. The second kappa shape index (κ2) is 10.5. The van der Waals surface area contributed by atoms with Gasteiger partial charge in [0.25, 0.3) is 11.8 Å². The van der Waals surface area contributed by atoms with Gasteiger partial charge in [0, 0.05) is 6.07 Å². The van der Waals surface area contributed by atoms with Crippen molar-refractivity contribution in [3.05, 3.63) is 53.6 Å². The van der Waals surface area contributed by atoms with E-state index in [9.17, 15) is 19.2 Å². The van der Waals surface area contributed by atoms with Gasteiger partial charge in [-0.2, -0.15) is 0 Å². The van der Waals surface area contributed by atoms with Crippen LogP contribution in [0.2, 0.25) is 0 Å². The van der Waals surface area contributed by atoms with Gasteiger partial charge in [0.05, 0.1) is 18.9 Å². The van der Waals surface area contributed by atoms with E-state index in [1.54, 1.807) is 32.0 Å². The summed E-state index contributed by atoms with van der Waals surface area (Å²) in [7, 11) is 0. The van der Waals surface area contributed by atoms with Crippen molar-refractivity contribution in [2.24, 2.45) is 0 Å². The average molecular weight is 468 g/mol. The van der Waals surface area contributed by atoms with Gasteiger partial charge in [0.15, 0.2) is 17.6 Å². The molecular formula is C24H24N2O8. The van der Waals surface area contributed by atoms with Crippen LogP contribution >= 0.6 is 0 Å². The highest BCUT2D eigenvalue weighted by Gasteiger charge is 2.37. The Morgan fingerprint density at radius 1 is 1.06 bits per heavy atom. The van der Waals surface area contributed by atoms with E-state index in [4.69, 9.17) is 19.3 Å². The van der Waals surface area contributed by atoms with Crippen LogP contribution in [0, 0.1) is 0 Å². The van der Waals surface area contributed by atoms with Crippen molar-refractivity contribution < 1.29 is 38.5 Å². The number of aliphatic carboxylic acids is 1. The minimum atomic E-state index is -1.14. The van der Waals surface area contributed by atoms with E-state index in [1.807, 2.05) is 0 Å². The number of urea groups is 1. The number of ether oxygens (including phenoxy) is 3. The van der Waals surface area contributed by atoms with Gasteiger partial charge in [-0.1, -0.05) is 12.1 Å². The quantitative estimate of drug-likeness (QED) is 0.424. The molecule has 1 heterocycles. The molecule has 0 saturated carbocycles. The van der Waals surface area contributed by atoms with Crippen molar-refractivity contribution in [3.8, 4) is 17.2 Å². The first kappa shape index (κ1) is 24.3. The molecule has 0 aliphatic carbocycles. The number of barbiturate groups is 1. The van der Waals surface area contributed by atoms with Gasteiger partial charge in [-0.15, -0.1) is 0 Å². The number of hydrogen-bond acceptors (Lipinski definition) is 7. The lowest BCUT2D eigenvalue weighted by molar-refractivity contribution is -0.144. The van der Waals surface area contributed by atoms with E-state index < -0.39 is 29.9 Å². The van der Waals surface area contributed by atoms with Crippen LogP contribution in [0.5, 0.6) is 17.2 Å². The number of rotatable bonds is 9. The Morgan fingerprint density at radius 2 is 1.79 bits per heavy atom. The Bertz CT molecular complexity index is 1160. The maximum absolute atomic E-state index is 13.1. The minimum Gasteiger partial charge on any atom is -0.494 e. The van der Waals surface area contributed by atoms with Gasteiger partial charge >= 0.3 is 12.0 Å². The van der Waals surface area contributed by atoms with Crippen LogP contribution in [0.25, 0.3) is 6.08 Å². The highest BCUT2D eigenvalue weighted by Crippen LogP contribution is 2.31. The van der Waals surface area contributed by atoms with Crippen LogP contribution in [-0.4, -0.2) is 48.2 Å². The third-order valence-electron chi connectivity index (χ3n) is 4.72. The third-order valence-corrected chi connectivity index (χ3v) is 4.72. The van der Waals surface area contributed by atoms with Gasteiger partial charge in [0.2, 0.25) is 0 Å². The normalized spacial score (nSPS) is 15.7. The van der Waals surface area contributed by atoms with E-state index in [0.717, 1.165) is 4.90 Å². The molecule has 1 saturated heterocycles. The van der Waals surface area contributed by atoms with Gasteiger partial charge in [-0.05, 0) is 56.7 Å². The van der Waals surface area contributed by atoms with Gasteiger partial charge in [-0.3, -0.25) is 14.9 Å². The van der Waals surface area contributed by atoms with Crippen molar-refractivity contribution in [1.29, 1.82) is 0 Å². The molecule has 2 aromatic carbocycles. The molecule has 34 heavy (non-hydrogen) atoms. The number of carboxylic acids is 1. The van der Waals surface area contributed by atoms with Crippen molar-refractivity contribution in [2.75, 3.05) is 18.1 Å². The van der Waals surface area contributed by atoms with Crippen LogP contribution in [0.3, 0.4) is 0 Å². The molecule has 178 valence electrons. The molecule has 10 heteroatoms. The Hall–Kier alpha value is -4.34. The predicted octanol–water partition coefficient (Wildman–Crippen LogP) is 3.00. The number of hydrogen-bond donors (Lipinski definition) is 2. The second-order valence-electron chi connectivity index (χ2n) is 7.13. The molecular weight excluding hydrogens is 444 g/mol. The molecule has 1 fully saturated rings. The molecule has 2 N–H and O–H groups in total. The summed E-state index contributed by atoms with van der Waals surface area (Å²) in [5, 5.41) is 11.3. The third kappa shape index (κ3) is 5.34. The van der Waals surface area contributed by atoms with Crippen LogP contribution in [-0.2, 0) is 14.4 Å². The number of carbonyl (C=O) groups is 4. The van der Waals surface area contributed by atoms with Crippen LogP contribution < -0.4 is 24.4 Å². The van der Waals surface area contributed by atoms with Crippen molar-refractivity contribution in [1.82, 2.24) is 5.32 Å². The lowest BCUT2D eigenvalue weighted by Gasteiger charge is -2.26. The molecule has 0 bridgehead atoms. The minimum absolute atomic E-state index is 0.197. The van der Waals surface area contributed by atoms with Crippen LogP contribution in [0.1, 0.15) is 26.3 Å². The van der Waals surface area contributed by atoms with Crippen LogP contribution in [0.15, 0.2) is 48.0 Å². The molecule has 0 unspecified atom stereocenters. The largest absolute Gasteiger partial charge is 0.494 e. The predicted molar refractivity (Wildman–Crippen MR) is 122 cm³/mol. The summed E-state index contributed by atoms with van der Waals surface area (Å²) in [6.07, 6.45) is 0.206. The SMILES string of the molecule is CCOc1cccc(N2C(=O)NC(=O)/C(=C/c3ccc(O[C@H](C)C(=O)O)c(OCC)c3)C2=O)c1. The number of benzene rings is 2. The summed E-state index contributed by atoms with van der Waals surface area (Å²) in [5.74, 6) is -1.88. The standard InChI is InChI=1S/C24H24N2O8/c1-4-32-17-8-6-7-16(13-17)26-22(28)18(21(27)25-24(26)31)11-15-9-10-19(20(12-15)33-5-2)34-14(3)23(29)30/h6-14H,4-5H2,1-3H3,(H,29,30)(H,25,27,31)/b18-11-/t14-/m1/s1. The molecule has 1 aliphatic rings. The first-order valence-corrected chi connectivity index (χ1v) is 10.6. The summed E-state index contributed by atoms with van der Waals surface area (Å²) in [6, 6.07) is 10.1. The zero-order chi connectivity index (χ0) is 24.8. The fourth-order valence-electron chi connectivity index (χ4n) is 3.16. The number of amides is 4. The summed E-state index contributed by atoms with van der Waals surface area (Å²) >= 11 is 0. The van der Waals surface area contributed by atoms with E-state index in [-0.39, 0.29) is 29.4 Å². The maximum atomic E-state index is 13.1. The molecule has 10 nitrogen and oxygen atoms in total.